The van der Waals surface area contributed by atoms with Crippen LogP contribution in [0.5, 0.6) is 0 Å². The standard InChI is InChI=1S/C4N10O3/c15-13-3(5-9-11-13)1-2(8-17-7-1)4-6-10-12-14(4)16/q-2. The van der Waals surface area contributed by atoms with Gasteiger partial charge in [0.2, 0.25) is 11.6 Å². The Bertz CT molecular complexity index is 597. The van der Waals surface area contributed by atoms with Crippen LogP contribution in [0.1, 0.15) is 0 Å². The molecule has 0 amide bonds. The van der Waals surface area contributed by atoms with Crippen molar-refractivity contribution in [2.75, 3.05) is 0 Å². The third kappa shape index (κ3) is 1.25. The van der Waals surface area contributed by atoms with Crippen LogP contribution in [0, 0.1) is 10.4 Å². The van der Waals surface area contributed by atoms with Crippen molar-refractivity contribution in [3.8, 4) is 23.0 Å². The highest BCUT2D eigenvalue weighted by Gasteiger charge is 2.21. The van der Waals surface area contributed by atoms with Gasteiger partial charge in [-0.05, 0) is 31.2 Å². The van der Waals surface area contributed by atoms with Crippen LogP contribution in [0.15, 0.2) is 4.63 Å². The molecule has 0 aliphatic heterocycles. The smallest absolute Gasteiger partial charge is 0.202 e. The molecule has 3 aromatic heterocycles. The normalized spacial score (nSPS) is 10.8. The molecule has 3 heterocycles. The van der Waals surface area contributed by atoms with Gasteiger partial charge in [-0.1, -0.05) is 0 Å². The fraction of sp³-hybridized carbons (Fsp3) is 0. The van der Waals surface area contributed by atoms with Crippen LogP contribution >= 0.6 is 0 Å². The van der Waals surface area contributed by atoms with Crippen LogP contribution in [0.4, 0.5) is 0 Å². The molecule has 3 aromatic rings. The fourth-order valence-electron chi connectivity index (χ4n) is 1.12. The molecule has 13 nitrogen and oxygen atoms in total. The summed E-state index contributed by atoms with van der Waals surface area (Å²) in [6, 6.07) is 0. The number of aromatic nitrogens is 10. The van der Waals surface area contributed by atoms with E-state index in [2.05, 4.69) is 46.0 Å². The van der Waals surface area contributed by atoms with Crippen molar-refractivity contribution in [1.29, 1.82) is 0 Å². The molecule has 0 atom stereocenters. The highest BCUT2D eigenvalue weighted by atomic mass is 16.6. The van der Waals surface area contributed by atoms with E-state index in [9.17, 15) is 10.4 Å². The van der Waals surface area contributed by atoms with Crippen LogP contribution < -0.4 is 0 Å². The summed E-state index contributed by atoms with van der Waals surface area (Å²) < 4.78 is 4.41. The van der Waals surface area contributed by atoms with Gasteiger partial charge in [0.15, 0.2) is 11.4 Å². The maximum atomic E-state index is 11.2. The summed E-state index contributed by atoms with van der Waals surface area (Å²) in [4.78, 5) is 0.198. The van der Waals surface area contributed by atoms with Crippen LogP contribution in [0.2, 0.25) is 0 Å². The average molecular weight is 236 g/mol. The Morgan fingerprint density at radius 3 is 1.65 bits per heavy atom. The Morgan fingerprint density at radius 1 is 0.824 bits per heavy atom. The number of hydrogen-bond donors (Lipinski definition) is 0. The van der Waals surface area contributed by atoms with Gasteiger partial charge in [0.25, 0.3) is 0 Å². The lowest BCUT2D eigenvalue weighted by Crippen LogP contribution is -1.98. The van der Waals surface area contributed by atoms with E-state index in [-0.39, 0.29) is 32.7 Å². The number of rotatable bonds is 2. The SMILES string of the molecule is [O-]n1nnnc1-c1nonc1-c1nnnn1[O-]. The molecule has 0 unspecified atom stereocenters. The van der Waals surface area contributed by atoms with E-state index in [4.69, 9.17) is 0 Å². The molecule has 0 spiro atoms. The number of tetrazole rings is 2. The van der Waals surface area contributed by atoms with Crippen molar-refractivity contribution >= 4 is 0 Å². The highest BCUT2D eigenvalue weighted by molar-refractivity contribution is 5.69. The van der Waals surface area contributed by atoms with Crippen molar-refractivity contribution < 1.29 is 4.63 Å². The minimum Gasteiger partial charge on any atom is -0.788 e. The zero-order valence-electron chi connectivity index (χ0n) is 7.70. The molecule has 13 heteroatoms. The van der Waals surface area contributed by atoms with Gasteiger partial charge in [-0.25, -0.2) is 4.63 Å². The highest BCUT2D eigenvalue weighted by Crippen LogP contribution is 2.24. The molecule has 0 aliphatic rings. The van der Waals surface area contributed by atoms with E-state index in [1.165, 1.54) is 0 Å². The van der Waals surface area contributed by atoms with Gasteiger partial charge in [0.1, 0.15) is 0 Å². The first-order chi connectivity index (χ1) is 8.27. The lowest BCUT2D eigenvalue weighted by Gasteiger charge is -2.05. The second-order valence-electron chi connectivity index (χ2n) is 2.71. The van der Waals surface area contributed by atoms with Crippen LogP contribution in [-0.4, -0.2) is 51.1 Å². The number of nitrogens with zero attached hydrogens (tertiary/aromatic N) is 10. The molecule has 0 N–H and O–H groups in total. The summed E-state index contributed by atoms with van der Waals surface area (Å²) in [6.45, 7) is 0. The van der Waals surface area contributed by atoms with Gasteiger partial charge in [-0.15, -0.1) is 10.2 Å². The zero-order valence-corrected chi connectivity index (χ0v) is 7.70. The van der Waals surface area contributed by atoms with Crippen molar-refractivity contribution in [2.24, 2.45) is 0 Å². The molecular weight excluding hydrogens is 236 g/mol. The molecule has 0 bridgehead atoms. The van der Waals surface area contributed by atoms with Gasteiger partial charge in [-0.3, -0.25) is 9.69 Å². The van der Waals surface area contributed by atoms with Gasteiger partial charge < -0.3 is 10.4 Å². The monoisotopic (exact) mass is 236 g/mol. The summed E-state index contributed by atoms with van der Waals surface area (Å²) in [7, 11) is 0. The molecule has 17 heavy (non-hydrogen) atoms. The molecule has 0 aromatic carbocycles. The van der Waals surface area contributed by atoms with E-state index in [1.807, 2.05) is 0 Å². The van der Waals surface area contributed by atoms with Crippen LogP contribution in [0.3, 0.4) is 0 Å². The predicted molar refractivity (Wildman–Crippen MR) is 45.4 cm³/mol. The van der Waals surface area contributed by atoms with E-state index < -0.39 is 0 Å². The summed E-state index contributed by atoms with van der Waals surface area (Å²) in [6.07, 6.45) is 0. The van der Waals surface area contributed by atoms with Crippen molar-refractivity contribution in [3.63, 3.8) is 0 Å². The first-order valence-corrected chi connectivity index (χ1v) is 4.02. The summed E-state index contributed by atoms with van der Waals surface area (Å²) >= 11 is 0. The van der Waals surface area contributed by atoms with Crippen molar-refractivity contribution in [3.05, 3.63) is 10.4 Å². The van der Waals surface area contributed by atoms with E-state index in [1.54, 1.807) is 0 Å². The van der Waals surface area contributed by atoms with Gasteiger partial charge in [-0.2, -0.15) is 0 Å². The lowest BCUT2D eigenvalue weighted by molar-refractivity contribution is 0.309. The second kappa shape index (κ2) is 3.19. The quantitative estimate of drug-likeness (QED) is 0.484. The fourth-order valence-corrected chi connectivity index (χ4v) is 1.12. The topological polar surface area (TPSA) is 172 Å². The van der Waals surface area contributed by atoms with Gasteiger partial charge >= 0.3 is 0 Å². The average Bonchev–Trinajstić information content (AvgIpc) is 2.97. The molecule has 0 saturated heterocycles. The minimum atomic E-state index is -0.274. The Morgan fingerprint density at radius 2 is 1.29 bits per heavy atom. The minimum absolute atomic E-state index is 0.0992. The lowest BCUT2D eigenvalue weighted by atomic mass is 10.3. The number of hydrogen-bond acceptors (Lipinski definition) is 11. The van der Waals surface area contributed by atoms with E-state index >= 15 is 0 Å². The molecule has 86 valence electrons. The van der Waals surface area contributed by atoms with Crippen molar-refractivity contribution in [1.82, 2.24) is 51.1 Å². The summed E-state index contributed by atoms with van der Waals surface area (Å²) in [5.41, 5.74) is -0.256. The molecule has 0 aliphatic carbocycles. The van der Waals surface area contributed by atoms with Crippen LogP contribution in [0.25, 0.3) is 23.0 Å². The first kappa shape index (κ1) is 9.13. The maximum Gasteiger partial charge on any atom is 0.202 e. The maximum absolute atomic E-state index is 11.2. The summed E-state index contributed by atoms with van der Waals surface area (Å²) in [5, 5.41) is 48.4. The van der Waals surface area contributed by atoms with Gasteiger partial charge in [0.05, 0.1) is 0 Å². The van der Waals surface area contributed by atoms with E-state index in [0.717, 1.165) is 0 Å². The Balaban J connectivity index is 2.19. The molecular formula is C4N10O3-2. The molecule has 3 rings (SSSR count). The Hall–Kier alpha value is -3.12. The van der Waals surface area contributed by atoms with Crippen molar-refractivity contribution in [2.45, 2.75) is 0 Å². The summed E-state index contributed by atoms with van der Waals surface area (Å²) in [5.74, 6) is -0.548. The molecule has 0 fully saturated rings. The largest absolute Gasteiger partial charge is 0.788 e. The third-order valence-electron chi connectivity index (χ3n) is 1.80. The van der Waals surface area contributed by atoms with Gasteiger partial charge in [0, 0.05) is 0 Å². The Labute approximate surface area is 90.1 Å². The first-order valence-electron chi connectivity index (χ1n) is 4.02. The van der Waals surface area contributed by atoms with Crippen LogP contribution in [-0.2, 0) is 0 Å². The Kier molecular flexibility index (Phi) is 1.71. The zero-order chi connectivity index (χ0) is 11.8. The predicted octanol–water partition coefficient (Wildman–Crippen LogP) is -1.93. The third-order valence-corrected chi connectivity index (χ3v) is 1.80. The molecule has 0 radical (unpaired) electrons. The molecule has 0 saturated carbocycles. The second-order valence-corrected chi connectivity index (χ2v) is 2.71. The van der Waals surface area contributed by atoms with E-state index in [0.29, 0.717) is 0 Å².